The van der Waals surface area contributed by atoms with Crippen molar-refractivity contribution in [3.05, 3.63) is 35.4 Å². The Morgan fingerprint density at radius 3 is 2.45 bits per heavy atom. The fourth-order valence-electron chi connectivity index (χ4n) is 3.38. The molecular weight excluding hydrogens is 300 g/mol. The molecule has 0 N–H and O–H groups in total. The maximum atomic E-state index is 12.8. The van der Waals surface area contributed by atoms with E-state index in [1.165, 1.54) is 0 Å². The van der Waals surface area contributed by atoms with Gasteiger partial charge in [-0.15, -0.1) is 0 Å². The average molecular weight is 319 g/mol. The first kappa shape index (κ1) is 15.2. The number of benzene rings is 1. The van der Waals surface area contributed by atoms with Gasteiger partial charge in [-0.2, -0.15) is 0 Å². The molecule has 0 radical (unpaired) electrons. The molecule has 3 rings (SSSR count). The lowest BCUT2D eigenvalue weighted by atomic mass is 9.88. The molecule has 0 unspecified atom stereocenters. The second kappa shape index (κ2) is 5.84. The first-order valence-electron chi connectivity index (χ1n) is 7.69. The largest absolute Gasteiger partial charge is 0.304 e. The van der Waals surface area contributed by atoms with Gasteiger partial charge in [-0.05, 0) is 44.2 Å². The van der Waals surface area contributed by atoms with E-state index < -0.39 is 10.9 Å². The first-order chi connectivity index (χ1) is 10.5. The molecular formula is C17H19ClN2O2. The highest BCUT2D eigenvalue weighted by Crippen LogP contribution is 2.39. The average Bonchev–Trinajstić information content (AvgIpc) is 2.74. The fourth-order valence-corrected chi connectivity index (χ4v) is 3.50. The summed E-state index contributed by atoms with van der Waals surface area (Å²) in [6.07, 6.45) is 4.79. The standard InChI is InChI=1S/C17H19ClN2O2/c1-12-5-7-13(8-6-12)15-16(22)20(11-14(18)21)17(19-15)9-3-2-4-10-17/h5-8H,2-4,9-11H2,1H3. The van der Waals surface area contributed by atoms with Crippen molar-refractivity contribution in [1.82, 2.24) is 4.90 Å². The third-order valence-electron chi connectivity index (χ3n) is 4.53. The van der Waals surface area contributed by atoms with Crippen LogP contribution in [0.25, 0.3) is 0 Å². The third-order valence-corrected chi connectivity index (χ3v) is 4.65. The van der Waals surface area contributed by atoms with Crippen molar-refractivity contribution in [2.75, 3.05) is 6.54 Å². The van der Waals surface area contributed by atoms with Crippen LogP contribution < -0.4 is 0 Å². The number of amides is 1. The molecule has 5 heteroatoms. The van der Waals surface area contributed by atoms with E-state index in [1.807, 2.05) is 31.2 Å². The van der Waals surface area contributed by atoms with Crippen molar-refractivity contribution in [2.45, 2.75) is 44.7 Å². The smallest absolute Gasteiger partial charge is 0.275 e. The Balaban J connectivity index is 1.99. The van der Waals surface area contributed by atoms with Crippen molar-refractivity contribution in [2.24, 2.45) is 4.99 Å². The molecule has 1 heterocycles. The van der Waals surface area contributed by atoms with Gasteiger partial charge in [-0.25, -0.2) is 0 Å². The molecule has 4 nitrogen and oxygen atoms in total. The zero-order valence-corrected chi connectivity index (χ0v) is 13.4. The van der Waals surface area contributed by atoms with Crippen LogP contribution in [-0.2, 0) is 9.59 Å². The van der Waals surface area contributed by atoms with Crippen LogP contribution in [0.15, 0.2) is 29.3 Å². The van der Waals surface area contributed by atoms with Crippen LogP contribution in [0.3, 0.4) is 0 Å². The highest BCUT2D eigenvalue weighted by atomic mass is 35.5. The summed E-state index contributed by atoms with van der Waals surface area (Å²) < 4.78 is 0. The van der Waals surface area contributed by atoms with E-state index in [0.717, 1.165) is 43.2 Å². The van der Waals surface area contributed by atoms with E-state index in [-0.39, 0.29) is 12.5 Å². The van der Waals surface area contributed by atoms with Gasteiger partial charge in [0.05, 0.1) is 6.54 Å². The SMILES string of the molecule is Cc1ccc(C2=NC3(CCCCC3)N(CC(=O)Cl)C2=O)cc1. The van der Waals surface area contributed by atoms with Gasteiger partial charge in [0.1, 0.15) is 11.4 Å². The number of halogens is 1. The van der Waals surface area contributed by atoms with E-state index in [0.29, 0.717) is 5.71 Å². The van der Waals surface area contributed by atoms with Crippen molar-refractivity contribution in [3.8, 4) is 0 Å². The van der Waals surface area contributed by atoms with E-state index >= 15 is 0 Å². The minimum atomic E-state index is -0.569. The van der Waals surface area contributed by atoms with Crippen LogP contribution in [0, 0.1) is 6.92 Å². The maximum Gasteiger partial charge on any atom is 0.275 e. The molecule has 1 aliphatic heterocycles. The van der Waals surface area contributed by atoms with Gasteiger partial charge in [-0.1, -0.05) is 36.2 Å². The number of hydrogen-bond donors (Lipinski definition) is 0. The van der Waals surface area contributed by atoms with Crippen LogP contribution >= 0.6 is 11.6 Å². The number of aliphatic imine (C=N–C) groups is 1. The van der Waals surface area contributed by atoms with Crippen LogP contribution in [0.1, 0.15) is 43.2 Å². The summed E-state index contributed by atoms with van der Waals surface area (Å²) in [5.74, 6) is -0.181. The second-order valence-corrected chi connectivity index (χ2v) is 6.54. The van der Waals surface area contributed by atoms with Crippen LogP contribution in [-0.4, -0.2) is 34.0 Å². The molecule has 0 aromatic heterocycles. The Hall–Kier alpha value is -1.68. The third kappa shape index (κ3) is 2.68. The number of aryl methyl sites for hydroxylation is 1. The number of carbonyl (C=O) groups excluding carboxylic acids is 2. The number of carbonyl (C=O) groups is 2. The molecule has 0 atom stereocenters. The van der Waals surface area contributed by atoms with Crippen molar-refractivity contribution >= 4 is 28.5 Å². The Bertz CT molecular complexity index is 631. The predicted octanol–water partition coefficient (Wildman–Crippen LogP) is 3.05. The van der Waals surface area contributed by atoms with Crippen molar-refractivity contribution in [3.63, 3.8) is 0 Å². The highest BCUT2D eigenvalue weighted by molar-refractivity contribution is 6.64. The minimum Gasteiger partial charge on any atom is -0.304 e. The maximum absolute atomic E-state index is 12.8. The number of nitrogens with zero attached hydrogens (tertiary/aromatic N) is 2. The molecule has 1 fully saturated rings. The van der Waals surface area contributed by atoms with Gasteiger partial charge in [0.15, 0.2) is 0 Å². The molecule has 1 aliphatic carbocycles. The van der Waals surface area contributed by atoms with Gasteiger partial charge in [-0.3, -0.25) is 14.6 Å². The summed E-state index contributed by atoms with van der Waals surface area (Å²) >= 11 is 5.56. The summed E-state index contributed by atoms with van der Waals surface area (Å²) in [7, 11) is 0. The summed E-state index contributed by atoms with van der Waals surface area (Å²) in [4.78, 5) is 30.5. The monoisotopic (exact) mass is 318 g/mol. The van der Waals surface area contributed by atoms with E-state index in [2.05, 4.69) is 0 Å². The van der Waals surface area contributed by atoms with E-state index in [4.69, 9.17) is 16.6 Å². The van der Waals surface area contributed by atoms with Gasteiger partial charge >= 0.3 is 0 Å². The Morgan fingerprint density at radius 2 is 1.86 bits per heavy atom. The van der Waals surface area contributed by atoms with Crippen LogP contribution in [0.4, 0.5) is 0 Å². The molecule has 116 valence electrons. The quantitative estimate of drug-likeness (QED) is 0.804. The van der Waals surface area contributed by atoms with Crippen molar-refractivity contribution in [1.29, 1.82) is 0 Å². The van der Waals surface area contributed by atoms with Gasteiger partial charge in [0.25, 0.3) is 5.91 Å². The summed E-state index contributed by atoms with van der Waals surface area (Å²) in [5, 5.41) is -0.515. The molecule has 22 heavy (non-hydrogen) atoms. The minimum absolute atomic E-state index is 0.0702. The first-order valence-corrected chi connectivity index (χ1v) is 8.07. The second-order valence-electron chi connectivity index (χ2n) is 6.12. The highest BCUT2D eigenvalue weighted by Gasteiger charge is 2.48. The molecule has 2 aliphatic rings. The van der Waals surface area contributed by atoms with Gasteiger partial charge < -0.3 is 4.90 Å². The number of rotatable bonds is 3. The Labute approximate surface area is 135 Å². The van der Waals surface area contributed by atoms with E-state index in [9.17, 15) is 9.59 Å². The molecule has 0 saturated heterocycles. The lowest BCUT2D eigenvalue weighted by Crippen LogP contribution is -2.49. The number of hydrogen-bond acceptors (Lipinski definition) is 3. The molecule has 1 saturated carbocycles. The van der Waals surface area contributed by atoms with Crippen molar-refractivity contribution < 1.29 is 9.59 Å². The van der Waals surface area contributed by atoms with Crippen LogP contribution in [0.5, 0.6) is 0 Å². The normalized spacial score (nSPS) is 20.4. The molecule has 1 amide bonds. The topological polar surface area (TPSA) is 49.7 Å². The van der Waals surface area contributed by atoms with Gasteiger partial charge in [0, 0.05) is 5.56 Å². The predicted molar refractivity (Wildman–Crippen MR) is 86.1 cm³/mol. The molecule has 0 bridgehead atoms. The summed E-state index contributed by atoms with van der Waals surface area (Å²) in [6, 6.07) is 7.76. The molecule has 1 spiro atoms. The zero-order chi connectivity index (χ0) is 15.7. The Kier molecular flexibility index (Phi) is 4.04. The van der Waals surface area contributed by atoms with Crippen LogP contribution in [0.2, 0.25) is 0 Å². The Morgan fingerprint density at radius 1 is 1.23 bits per heavy atom. The van der Waals surface area contributed by atoms with E-state index in [1.54, 1.807) is 4.90 Å². The lowest BCUT2D eigenvalue weighted by Gasteiger charge is -2.38. The fraction of sp³-hybridized carbons (Fsp3) is 0.471. The molecule has 1 aromatic carbocycles. The molecule has 1 aromatic rings. The lowest BCUT2D eigenvalue weighted by molar-refractivity contribution is -0.132. The summed E-state index contributed by atoms with van der Waals surface area (Å²) in [5.41, 5.74) is 1.83. The van der Waals surface area contributed by atoms with Gasteiger partial charge in [0.2, 0.25) is 5.24 Å². The zero-order valence-electron chi connectivity index (χ0n) is 12.6. The summed E-state index contributed by atoms with van der Waals surface area (Å²) in [6.45, 7) is 1.93.